The Morgan fingerprint density at radius 2 is 2.20 bits per heavy atom. The first-order chi connectivity index (χ1) is 7.09. The van der Waals surface area contributed by atoms with Crippen molar-refractivity contribution in [3.8, 4) is 0 Å². The van der Waals surface area contributed by atoms with Crippen LogP contribution in [0.2, 0.25) is 0 Å². The summed E-state index contributed by atoms with van der Waals surface area (Å²) < 4.78 is 0. The molecule has 2 nitrogen and oxygen atoms in total. The van der Waals surface area contributed by atoms with E-state index in [1.165, 1.54) is 0 Å². The van der Waals surface area contributed by atoms with Gasteiger partial charge in [-0.2, -0.15) is 0 Å². The number of carbonyl (C=O) groups is 2. The number of hydrogen-bond acceptors (Lipinski definition) is 2. The molecule has 2 saturated carbocycles. The van der Waals surface area contributed by atoms with E-state index < -0.39 is 0 Å². The van der Waals surface area contributed by atoms with E-state index in [-0.39, 0.29) is 17.3 Å². The Kier molecular flexibility index (Phi) is 2.70. The third kappa shape index (κ3) is 1.54. The highest BCUT2D eigenvalue weighted by Gasteiger charge is 2.52. The maximum atomic E-state index is 11.8. The molecule has 0 radical (unpaired) electrons. The third-order valence-electron chi connectivity index (χ3n) is 4.79. The molecule has 0 heterocycles. The van der Waals surface area contributed by atoms with Crippen LogP contribution in [0.15, 0.2) is 0 Å². The monoisotopic (exact) mass is 208 g/mol. The second-order valence-corrected chi connectivity index (χ2v) is 5.56. The molecule has 2 aliphatic rings. The molecule has 0 aromatic heterocycles. The molecule has 0 N–H and O–H groups in total. The van der Waals surface area contributed by atoms with Crippen molar-refractivity contribution in [2.75, 3.05) is 0 Å². The van der Waals surface area contributed by atoms with Gasteiger partial charge in [0.05, 0.1) is 0 Å². The van der Waals surface area contributed by atoms with Crippen molar-refractivity contribution in [2.24, 2.45) is 23.2 Å². The fraction of sp³-hybridized carbons (Fsp3) is 0.846. The summed E-state index contributed by atoms with van der Waals surface area (Å²) in [5, 5.41) is 0. The Morgan fingerprint density at radius 3 is 2.87 bits per heavy atom. The summed E-state index contributed by atoms with van der Waals surface area (Å²) >= 11 is 0. The molecule has 2 aliphatic carbocycles. The summed E-state index contributed by atoms with van der Waals surface area (Å²) in [6.45, 7) is 4.23. The molecule has 0 bridgehead atoms. The zero-order chi connectivity index (χ0) is 11.1. The van der Waals surface area contributed by atoms with Crippen molar-refractivity contribution in [3.05, 3.63) is 0 Å². The highest BCUT2D eigenvalue weighted by atomic mass is 16.1. The summed E-state index contributed by atoms with van der Waals surface area (Å²) in [5.41, 5.74) is 0.121. The number of ketones is 1. The van der Waals surface area contributed by atoms with Crippen LogP contribution < -0.4 is 0 Å². The summed E-state index contributed by atoms with van der Waals surface area (Å²) in [6, 6.07) is 0. The summed E-state index contributed by atoms with van der Waals surface area (Å²) in [4.78, 5) is 22.8. The molecular formula is C13H20O2. The minimum atomic E-state index is 0.117. The van der Waals surface area contributed by atoms with E-state index in [2.05, 4.69) is 6.92 Å². The van der Waals surface area contributed by atoms with Crippen molar-refractivity contribution in [2.45, 2.75) is 46.0 Å². The maximum Gasteiger partial charge on any atom is 0.136 e. The van der Waals surface area contributed by atoms with E-state index in [1.807, 2.05) is 6.92 Å². The SMILES string of the molecule is C[C@H](C=O)C1CCC2C(=O)CCC[C@@]21C. The molecule has 15 heavy (non-hydrogen) atoms. The first-order valence-corrected chi connectivity index (χ1v) is 6.07. The molecule has 2 rings (SSSR count). The van der Waals surface area contributed by atoms with Crippen LogP contribution in [0.25, 0.3) is 0 Å². The van der Waals surface area contributed by atoms with E-state index in [1.54, 1.807) is 0 Å². The van der Waals surface area contributed by atoms with Gasteiger partial charge in [0.25, 0.3) is 0 Å². The van der Waals surface area contributed by atoms with Gasteiger partial charge in [0.1, 0.15) is 12.1 Å². The minimum Gasteiger partial charge on any atom is -0.303 e. The van der Waals surface area contributed by atoms with E-state index in [9.17, 15) is 9.59 Å². The minimum absolute atomic E-state index is 0.117. The quantitative estimate of drug-likeness (QED) is 0.654. The van der Waals surface area contributed by atoms with Gasteiger partial charge in [-0.1, -0.05) is 13.8 Å². The van der Waals surface area contributed by atoms with E-state index in [4.69, 9.17) is 0 Å². The fourth-order valence-electron chi connectivity index (χ4n) is 3.93. The highest BCUT2D eigenvalue weighted by molar-refractivity contribution is 5.83. The zero-order valence-electron chi connectivity index (χ0n) is 9.66. The number of aldehydes is 1. The van der Waals surface area contributed by atoms with Crippen LogP contribution in [0.4, 0.5) is 0 Å². The molecule has 84 valence electrons. The van der Waals surface area contributed by atoms with Crippen LogP contribution in [-0.2, 0) is 9.59 Å². The van der Waals surface area contributed by atoms with E-state index in [0.29, 0.717) is 11.7 Å². The van der Waals surface area contributed by atoms with Crippen LogP contribution >= 0.6 is 0 Å². The van der Waals surface area contributed by atoms with Gasteiger partial charge in [-0.25, -0.2) is 0 Å². The number of carbonyl (C=O) groups excluding carboxylic acids is 2. The number of fused-ring (bicyclic) bond motifs is 1. The summed E-state index contributed by atoms with van der Waals surface area (Å²) in [5.74, 6) is 1.25. The van der Waals surface area contributed by atoms with Gasteiger partial charge in [0.2, 0.25) is 0 Å². The van der Waals surface area contributed by atoms with Crippen LogP contribution in [0.3, 0.4) is 0 Å². The molecule has 0 spiro atoms. The first kappa shape index (κ1) is 10.8. The van der Waals surface area contributed by atoms with Crippen molar-refractivity contribution >= 4 is 12.1 Å². The third-order valence-corrected chi connectivity index (χ3v) is 4.79. The normalized spacial score (nSPS) is 42.4. The second kappa shape index (κ2) is 3.73. The molecule has 2 heteroatoms. The van der Waals surface area contributed by atoms with Crippen molar-refractivity contribution in [3.63, 3.8) is 0 Å². The van der Waals surface area contributed by atoms with Crippen LogP contribution in [0.1, 0.15) is 46.0 Å². The lowest BCUT2D eigenvalue weighted by Crippen LogP contribution is -2.39. The van der Waals surface area contributed by atoms with Gasteiger partial charge in [-0.3, -0.25) is 4.79 Å². The van der Waals surface area contributed by atoms with Crippen molar-refractivity contribution < 1.29 is 9.59 Å². The lowest BCUT2D eigenvalue weighted by Gasteiger charge is -2.41. The Morgan fingerprint density at radius 1 is 1.47 bits per heavy atom. The van der Waals surface area contributed by atoms with Crippen LogP contribution in [-0.4, -0.2) is 12.1 Å². The molecular weight excluding hydrogens is 188 g/mol. The molecule has 0 aliphatic heterocycles. The Labute approximate surface area is 91.4 Å². The van der Waals surface area contributed by atoms with Crippen molar-refractivity contribution in [1.82, 2.24) is 0 Å². The first-order valence-electron chi connectivity index (χ1n) is 6.07. The second-order valence-electron chi connectivity index (χ2n) is 5.56. The van der Waals surface area contributed by atoms with Gasteiger partial charge in [0.15, 0.2) is 0 Å². The number of hydrogen-bond donors (Lipinski definition) is 0. The maximum absolute atomic E-state index is 11.8. The average molecular weight is 208 g/mol. The molecule has 0 aromatic rings. The standard InChI is InChI=1S/C13H20O2/c1-9(8-14)10-5-6-11-12(15)4-3-7-13(10,11)2/h8-11H,3-7H2,1-2H3/t9-,10?,11?,13-/m1/s1. The van der Waals surface area contributed by atoms with Gasteiger partial charge >= 0.3 is 0 Å². The fourth-order valence-corrected chi connectivity index (χ4v) is 3.93. The van der Waals surface area contributed by atoms with E-state index in [0.717, 1.165) is 38.4 Å². The lowest BCUT2D eigenvalue weighted by molar-refractivity contribution is -0.131. The molecule has 0 saturated heterocycles. The van der Waals surface area contributed by atoms with Gasteiger partial charge in [-0.05, 0) is 37.0 Å². The van der Waals surface area contributed by atoms with Gasteiger partial charge in [0, 0.05) is 18.3 Å². The predicted molar refractivity (Wildman–Crippen MR) is 58.4 cm³/mol. The van der Waals surface area contributed by atoms with Gasteiger partial charge in [-0.15, -0.1) is 0 Å². The predicted octanol–water partition coefficient (Wildman–Crippen LogP) is 2.61. The van der Waals surface area contributed by atoms with E-state index >= 15 is 0 Å². The molecule has 2 unspecified atom stereocenters. The largest absolute Gasteiger partial charge is 0.303 e. The average Bonchev–Trinajstić information content (AvgIpc) is 2.56. The number of Topliss-reactive ketones (excluding diaryl/α,β-unsaturated/α-hetero) is 1. The molecule has 0 amide bonds. The van der Waals surface area contributed by atoms with Crippen LogP contribution in [0, 0.1) is 23.2 Å². The Bertz CT molecular complexity index is 284. The lowest BCUT2D eigenvalue weighted by atomic mass is 9.62. The van der Waals surface area contributed by atoms with Gasteiger partial charge < -0.3 is 4.79 Å². The summed E-state index contributed by atoms with van der Waals surface area (Å²) in [7, 11) is 0. The number of rotatable bonds is 2. The Balaban J connectivity index is 2.24. The van der Waals surface area contributed by atoms with Crippen LogP contribution in [0.5, 0.6) is 0 Å². The zero-order valence-corrected chi connectivity index (χ0v) is 9.66. The Hall–Kier alpha value is -0.660. The highest BCUT2D eigenvalue weighted by Crippen LogP contribution is 2.56. The molecule has 2 fully saturated rings. The smallest absolute Gasteiger partial charge is 0.136 e. The summed E-state index contributed by atoms with van der Waals surface area (Å²) in [6.07, 6.45) is 6.06. The topological polar surface area (TPSA) is 34.1 Å². The van der Waals surface area contributed by atoms with Crippen molar-refractivity contribution in [1.29, 1.82) is 0 Å². The molecule has 0 aromatic carbocycles. The molecule has 4 atom stereocenters.